The third kappa shape index (κ3) is 6.50. The first-order valence-corrected chi connectivity index (χ1v) is 11.5. The van der Waals surface area contributed by atoms with E-state index in [1.54, 1.807) is 0 Å². The van der Waals surface area contributed by atoms with Crippen LogP contribution in [0.4, 0.5) is 0 Å². The quantitative estimate of drug-likeness (QED) is 0.600. The van der Waals surface area contributed by atoms with E-state index in [9.17, 15) is 14.8 Å². The van der Waals surface area contributed by atoms with E-state index >= 15 is 0 Å². The fraction of sp³-hybridized carbons (Fsp3) is 0.917. The topological polar surface area (TPSA) is 79.3 Å². The van der Waals surface area contributed by atoms with Crippen molar-refractivity contribution in [2.75, 3.05) is 13.7 Å². The number of esters is 1. The second kappa shape index (κ2) is 9.08. The zero-order chi connectivity index (χ0) is 23.8. The highest BCUT2D eigenvalue weighted by atomic mass is 16.5. The van der Waals surface area contributed by atoms with Gasteiger partial charge in [-0.25, -0.2) is 0 Å². The van der Waals surface area contributed by atoms with Crippen LogP contribution in [-0.2, 0) is 19.1 Å². The van der Waals surface area contributed by atoms with Crippen LogP contribution in [0, 0.1) is 0 Å². The fourth-order valence-electron chi connectivity index (χ4n) is 5.43. The molecule has 0 aromatic carbocycles. The summed E-state index contributed by atoms with van der Waals surface area (Å²) in [6.07, 6.45) is 2.83. The van der Waals surface area contributed by atoms with Crippen molar-refractivity contribution >= 4 is 11.8 Å². The number of carbonyl (C=O) groups is 2. The maximum atomic E-state index is 12.4. The molecule has 2 aliphatic heterocycles. The Labute approximate surface area is 188 Å². The molecule has 31 heavy (non-hydrogen) atoms. The Kier molecular flexibility index (Phi) is 7.69. The minimum atomic E-state index is -0.422. The highest BCUT2D eigenvalue weighted by Gasteiger charge is 2.46. The molecule has 180 valence electrons. The van der Waals surface area contributed by atoms with Crippen molar-refractivity contribution in [1.29, 1.82) is 0 Å². The van der Waals surface area contributed by atoms with E-state index in [0.29, 0.717) is 12.8 Å². The predicted molar refractivity (Wildman–Crippen MR) is 120 cm³/mol. The van der Waals surface area contributed by atoms with Crippen LogP contribution in [0.1, 0.15) is 93.9 Å². The SMILES string of the molecule is CN1C(C)(C)CC(OC(=O)CCC(=O)COC2CC(C)(C)N(O)C(C)(C)C2)CC1(C)C. The van der Waals surface area contributed by atoms with E-state index in [2.05, 4.69) is 39.6 Å². The predicted octanol–water partition coefficient (Wildman–Crippen LogP) is 3.96. The lowest BCUT2D eigenvalue weighted by Gasteiger charge is -2.53. The molecular weight excluding hydrogens is 396 g/mol. The van der Waals surface area contributed by atoms with Gasteiger partial charge in [0.2, 0.25) is 0 Å². The lowest BCUT2D eigenvalue weighted by Crippen LogP contribution is -2.60. The monoisotopic (exact) mass is 440 g/mol. The van der Waals surface area contributed by atoms with Crippen molar-refractivity contribution in [3.8, 4) is 0 Å². The molecule has 2 fully saturated rings. The molecule has 0 bridgehead atoms. The maximum absolute atomic E-state index is 12.4. The van der Waals surface area contributed by atoms with Crippen LogP contribution in [0.25, 0.3) is 0 Å². The summed E-state index contributed by atoms with van der Waals surface area (Å²) < 4.78 is 11.6. The minimum Gasteiger partial charge on any atom is -0.462 e. The van der Waals surface area contributed by atoms with E-state index in [-0.39, 0.29) is 54.5 Å². The molecule has 0 aliphatic carbocycles. The Bertz CT molecular complexity index is 635. The number of hydrogen-bond donors (Lipinski definition) is 1. The van der Waals surface area contributed by atoms with Crippen LogP contribution in [0.5, 0.6) is 0 Å². The molecule has 2 rings (SSSR count). The number of hydroxylamine groups is 2. The highest BCUT2D eigenvalue weighted by Crippen LogP contribution is 2.39. The molecule has 0 unspecified atom stereocenters. The summed E-state index contributed by atoms with van der Waals surface area (Å²) >= 11 is 0. The number of piperidine rings is 2. The first-order chi connectivity index (χ1) is 14.0. The molecule has 0 aromatic rings. The number of rotatable bonds is 7. The molecular formula is C24H44N2O5. The molecule has 0 spiro atoms. The van der Waals surface area contributed by atoms with Gasteiger partial charge in [0.15, 0.2) is 5.78 Å². The summed E-state index contributed by atoms with van der Waals surface area (Å²) in [6, 6.07) is 0. The van der Waals surface area contributed by atoms with Crippen molar-refractivity contribution in [3.63, 3.8) is 0 Å². The van der Waals surface area contributed by atoms with Crippen LogP contribution in [0.15, 0.2) is 0 Å². The van der Waals surface area contributed by atoms with Gasteiger partial charge in [0.05, 0.1) is 12.5 Å². The average Bonchev–Trinajstić information content (AvgIpc) is 2.59. The number of hydrogen-bond acceptors (Lipinski definition) is 7. The van der Waals surface area contributed by atoms with E-state index < -0.39 is 11.1 Å². The number of nitrogens with zero attached hydrogens (tertiary/aromatic N) is 2. The Morgan fingerprint density at radius 2 is 1.26 bits per heavy atom. The summed E-state index contributed by atoms with van der Waals surface area (Å²) in [5.74, 6) is -0.409. The van der Waals surface area contributed by atoms with Crippen LogP contribution in [0.2, 0.25) is 0 Å². The molecule has 0 saturated carbocycles. The molecule has 1 N–H and O–H groups in total. The third-order valence-electron chi connectivity index (χ3n) is 7.26. The summed E-state index contributed by atoms with van der Waals surface area (Å²) in [6.45, 7) is 16.5. The highest BCUT2D eigenvalue weighted by molar-refractivity contribution is 5.83. The van der Waals surface area contributed by atoms with E-state index in [1.165, 1.54) is 5.06 Å². The Balaban J connectivity index is 1.77. The summed E-state index contributed by atoms with van der Waals surface area (Å²) in [5, 5.41) is 11.8. The molecule has 0 radical (unpaired) electrons. The van der Waals surface area contributed by atoms with Crippen molar-refractivity contribution < 1.29 is 24.3 Å². The lowest BCUT2D eigenvalue weighted by atomic mass is 9.79. The van der Waals surface area contributed by atoms with Crippen molar-refractivity contribution in [3.05, 3.63) is 0 Å². The summed E-state index contributed by atoms with van der Waals surface area (Å²) in [5.41, 5.74) is -0.951. The van der Waals surface area contributed by atoms with Gasteiger partial charge in [-0.1, -0.05) is 0 Å². The molecule has 2 heterocycles. The van der Waals surface area contributed by atoms with Gasteiger partial charge in [0.1, 0.15) is 12.7 Å². The fourth-order valence-corrected chi connectivity index (χ4v) is 5.43. The minimum absolute atomic E-state index is 0.0101. The Morgan fingerprint density at radius 1 is 0.806 bits per heavy atom. The summed E-state index contributed by atoms with van der Waals surface area (Å²) in [4.78, 5) is 27.0. The second-order valence-electron chi connectivity index (χ2n) is 12.0. The van der Waals surface area contributed by atoms with E-state index in [0.717, 1.165) is 12.8 Å². The molecule has 2 saturated heterocycles. The van der Waals surface area contributed by atoms with Crippen LogP contribution < -0.4 is 0 Å². The maximum Gasteiger partial charge on any atom is 0.306 e. The van der Waals surface area contributed by atoms with Gasteiger partial charge in [-0.2, -0.15) is 5.06 Å². The number of ether oxygens (including phenoxy) is 2. The lowest BCUT2D eigenvalue weighted by molar-refractivity contribution is -0.260. The number of Topliss-reactive ketones (excluding diaryl/α,β-unsaturated/α-hetero) is 1. The van der Waals surface area contributed by atoms with Crippen molar-refractivity contribution in [1.82, 2.24) is 9.96 Å². The van der Waals surface area contributed by atoms with Crippen molar-refractivity contribution in [2.45, 2.75) is 128 Å². The van der Waals surface area contributed by atoms with E-state index in [4.69, 9.17) is 9.47 Å². The first kappa shape index (κ1) is 26.2. The Morgan fingerprint density at radius 3 is 1.74 bits per heavy atom. The van der Waals surface area contributed by atoms with E-state index in [1.807, 2.05) is 27.7 Å². The van der Waals surface area contributed by atoms with Gasteiger partial charge in [-0.15, -0.1) is 0 Å². The zero-order valence-electron chi connectivity index (χ0n) is 21.1. The van der Waals surface area contributed by atoms with Gasteiger partial charge in [-0.05, 0) is 75.3 Å². The summed E-state index contributed by atoms with van der Waals surface area (Å²) in [7, 11) is 2.11. The molecule has 0 amide bonds. The van der Waals surface area contributed by atoms with Gasteiger partial charge >= 0.3 is 5.97 Å². The normalized spacial score (nSPS) is 26.5. The van der Waals surface area contributed by atoms with Gasteiger partial charge in [0, 0.05) is 41.4 Å². The Hall–Kier alpha value is -1.02. The van der Waals surface area contributed by atoms with Gasteiger partial charge in [-0.3, -0.25) is 14.5 Å². The van der Waals surface area contributed by atoms with Crippen LogP contribution >= 0.6 is 0 Å². The second-order valence-corrected chi connectivity index (χ2v) is 12.0. The van der Waals surface area contributed by atoms with Gasteiger partial charge in [0.25, 0.3) is 0 Å². The largest absolute Gasteiger partial charge is 0.462 e. The third-order valence-corrected chi connectivity index (χ3v) is 7.26. The van der Waals surface area contributed by atoms with Crippen molar-refractivity contribution in [2.24, 2.45) is 0 Å². The molecule has 0 atom stereocenters. The van der Waals surface area contributed by atoms with Crippen LogP contribution in [0.3, 0.4) is 0 Å². The number of ketones is 1. The van der Waals surface area contributed by atoms with Gasteiger partial charge < -0.3 is 14.7 Å². The average molecular weight is 441 g/mol. The molecule has 0 aromatic heterocycles. The number of carbonyl (C=O) groups excluding carboxylic acids is 2. The standard InChI is InChI=1S/C24H44N2O5/c1-21(2)14-19(15-22(3,4)25(21)9)31-20(28)11-10-17(27)16-30-18-12-23(5,6)26(29)24(7,8)13-18/h18-19,29H,10-16H2,1-9H3. The smallest absolute Gasteiger partial charge is 0.306 e. The molecule has 2 aliphatic rings. The molecule has 7 heteroatoms. The number of likely N-dealkylation sites (tertiary alicyclic amines) is 1. The zero-order valence-corrected chi connectivity index (χ0v) is 21.1. The van der Waals surface area contributed by atoms with Crippen LogP contribution in [-0.4, -0.2) is 74.9 Å². The first-order valence-electron chi connectivity index (χ1n) is 11.5. The molecule has 7 nitrogen and oxygen atoms in total.